The maximum atomic E-state index is 15.0. The smallest absolute Gasteiger partial charge is 0.283 e. The number of nitrogens with two attached hydrogens (primary N) is 1. The first-order valence-electron chi connectivity index (χ1n) is 10.6. The van der Waals surface area contributed by atoms with Gasteiger partial charge in [-0.2, -0.15) is 0 Å². The third kappa shape index (κ3) is 3.49. The van der Waals surface area contributed by atoms with Gasteiger partial charge < -0.3 is 30.0 Å². The number of nitrogens with zero attached hydrogens (tertiary/aromatic N) is 2. The van der Waals surface area contributed by atoms with Crippen LogP contribution in [0.25, 0.3) is 0 Å². The Morgan fingerprint density at radius 2 is 2.09 bits per heavy atom. The fourth-order valence-electron chi connectivity index (χ4n) is 4.54. The topological polar surface area (TPSA) is 117 Å². The number of hydrogen-bond acceptors (Lipinski definition) is 8. The number of alkyl halides is 1. The Hall–Kier alpha value is -3.54. The van der Waals surface area contributed by atoms with Crippen LogP contribution in [-0.2, 0) is 15.0 Å². The highest BCUT2D eigenvalue weighted by Crippen LogP contribution is 2.46. The summed E-state index contributed by atoms with van der Waals surface area (Å²) < 4.78 is 66.0. The van der Waals surface area contributed by atoms with Gasteiger partial charge in [-0.05, 0) is 25.1 Å². The maximum Gasteiger partial charge on any atom is 0.283 e. The van der Waals surface area contributed by atoms with Gasteiger partial charge >= 0.3 is 0 Å². The van der Waals surface area contributed by atoms with Crippen molar-refractivity contribution in [3.8, 4) is 11.5 Å². The third-order valence-corrected chi connectivity index (χ3v) is 6.22. The van der Waals surface area contributed by atoms with Crippen molar-refractivity contribution in [2.24, 2.45) is 16.6 Å². The normalized spacial score (nSPS) is 27.4. The van der Waals surface area contributed by atoms with Crippen LogP contribution in [0.4, 0.5) is 18.9 Å². The number of pyridine rings is 1. The van der Waals surface area contributed by atoms with Crippen LogP contribution in [0, 0.1) is 17.6 Å². The molecule has 1 aromatic heterocycles. The van der Waals surface area contributed by atoms with Crippen LogP contribution in [0.2, 0.25) is 0 Å². The lowest BCUT2D eigenvalue weighted by atomic mass is 9.75. The molecule has 3 aliphatic rings. The monoisotopic (exact) mass is 478 g/mol. The van der Waals surface area contributed by atoms with Crippen molar-refractivity contribution in [1.29, 1.82) is 0 Å². The molecule has 2 aromatic rings. The molecule has 180 valence electrons. The van der Waals surface area contributed by atoms with Gasteiger partial charge in [0.05, 0.1) is 24.8 Å². The molecule has 3 N–H and O–H groups in total. The summed E-state index contributed by atoms with van der Waals surface area (Å²) >= 11 is 0. The molecule has 0 unspecified atom stereocenters. The predicted octanol–water partition coefficient (Wildman–Crippen LogP) is 2.30. The molecule has 0 aliphatic carbocycles. The quantitative estimate of drug-likeness (QED) is 0.693. The number of benzene rings is 1. The van der Waals surface area contributed by atoms with E-state index in [0.717, 1.165) is 6.07 Å². The first-order valence-corrected chi connectivity index (χ1v) is 10.6. The number of halogens is 3. The Balaban J connectivity index is 1.49. The van der Waals surface area contributed by atoms with Gasteiger partial charge in [0.1, 0.15) is 37.3 Å². The molecule has 0 spiro atoms. The van der Waals surface area contributed by atoms with E-state index in [9.17, 15) is 13.6 Å². The van der Waals surface area contributed by atoms with Crippen LogP contribution < -0.4 is 20.5 Å². The molecule has 3 aliphatic heterocycles. The first-order chi connectivity index (χ1) is 16.3. The van der Waals surface area contributed by atoms with Gasteiger partial charge in [0.2, 0.25) is 5.75 Å². The minimum absolute atomic E-state index is 0.0779. The number of rotatable bonds is 4. The largest absolute Gasteiger partial charge is 0.484 e. The van der Waals surface area contributed by atoms with E-state index in [1.54, 1.807) is 6.92 Å². The Bertz CT molecular complexity index is 1180. The molecule has 0 bridgehead atoms. The number of carbonyl (C=O) groups is 1. The number of aromatic nitrogens is 1. The van der Waals surface area contributed by atoms with Crippen molar-refractivity contribution >= 4 is 17.6 Å². The van der Waals surface area contributed by atoms with E-state index in [-0.39, 0.29) is 48.6 Å². The summed E-state index contributed by atoms with van der Waals surface area (Å²) in [5.41, 5.74) is 3.48. The summed E-state index contributed by atoms with van der Waals surface area (Å²) in [4.78, 5) is 20.7. The highest BCUT2D eigenvalue weighted by molar-refractivity contribution is 6.03. The number of hydrogen-bond donors (Lipinski definition) is 2. The number of ether oxygens (including phenoxy) is 4. The fraction of sp³-hybridized carbons (Fsp3) is 0.409. The van der Waals surface area contributed by atoms with Gasteiger partial charge in [-0.3, -0.25) is 4.79 Å². The SMILES string of the molecule is C[C@H]1OC[C@H]2[C@@H]1OC(N)=N[C@]2(CF)c1cc(NC(=O)c2ncc3c(c2F)OCCO3)ccc1F. The van der Waals surface area contributed by atoms with Crippen LogP contribution in [0.1, 0.15) is 23.0 Å². The second kappa shape index (κ2) is 8.35. The van der Waals surface area contributed by atoms with Gasteiger partial charge in [-0.15, -0.1) is 0 Å². The van der Waals surface area contributed by atoms with E-state index in [1.165, 1.54) is 18.3 Å². The Labute approximate surface area is 192 Å². The second-order valence-electron chi connectivity index (χ2n) is 8.20. The van der Waals surface area contributed by atoms with E-state index >= 15 is 4.39 Å². The van der Waals surface area contributed by atoms with Gasteiger partial charge in [0, 0.05) is 11.3 Å². The zero-order chi connectivity index (χ0) is 24.0. The lowest BCUT2D eigenvalue weighted by molar-refractivity contribution is 0.0335. The lowest BCUT2D eigenvalue weighted by Crippen LogP contribution is -2.51. The molecule has 34 heavy (non-hydrogen) atoms. The minimum Gasteiger partial charge on any atom is -0.484 e. The highest BCUT2D eigenvalue weighted by Gasteiger charge is 2.55. The van der Waals surface area contributed by atoms with Crippen molar-refractivity contribution in [3.63, 3.8) is 0 Å². The summed E-state index contributed by atoms with van der Waals surface area (Å²) in [6, 6.07) is 3.28. The van der Waals surface area contributed by atoms with Crippen LogP contribution in [0.15, 0.2) is 29.4 Å². The molecule has 1 saturated heterocycles. The zero-order valence-electron chi connectivity index (χ0n) is 18.0. The number of anilines is 1. The predicted molar refractivity (Wildman–Crippen MR) is 113 cm³/mol. The average Bonchev–Trinajstić information content (AvgIpc) is 3.21. The van der Waals surface area contributed by atoms with Crippen molar-refractivity contribution in [2.45, 2.75) is 24.7 Å². The fourth-order valence-corrected chi connectivity index (χ4v) is 4.54. The number of fused-ring (bicyclic) bond motifs is 2. The van der Waals surface area contributed by atoms with Crippen LogP contribution >= 0.6 is 0 Å². The highest BCUT2D eigenvalue weighted by atomic mass is 19.1. The average molecular weight is 478 g/mol. The van der Waals surface area contributed by atoms with E-state index < -0.39 is 53.6 Å². The Morgan fingerprint density at radius 1 is 1.29 bits per heavy atom. The number of amides is 1. The standard InChI is InChI=1S/C22H21F3N4O5/c1-10-18-13(8-33-10)22(9-23,29-21(26)34-18)12-6-11(2-3-14(12)24)28-20(30)17-16(25)19-15(7-27-17)31-4-5-32-19/h2-3,6-7,10,13,18H,4-5,8-9H2,1H3,(H2,26,29)(H,28,30)/t10-,13+,18-,22-/m1/s1. The van der Waals surface area contributed by atoms with E-state index in [0.29, 0.717) is 0 Å². The molecule has 4 atom stereocenters. The molecule has 0 saturated carbocycles. The van der Waals surface area contributed by atoms with Crippen molar-refractivity contribution in [1.82, 2.24) is 4.98 Å². The Morgan fingerprint density at radius 3 is 2.88 bits per heavy atom. The number of carbonyl (C=O) groups excluding carboxylic acids is 1. The molecule has 12 heteroatoms. The molecule has 0 radical (unpaired) electrons. The molecule has 5 rings (SSSR count). The second-order valence-corrected chi connectivity index (χ2v) is 8.20. The van der Waals surface area contributed by atoms with Crippen molar-refractivity contribution in [2.75, 3.05) is 31.8 Å². The molecule has 4 heterocycles. The lowest BCUT2D eigenvalue weighted by Gasteiger charge is -2.40. The maximum absolute atomic E-state index is 15.0. The zero-order valence-corrected chi connectivity index (χ0v) is 18.0. The van der Waals surface area contributed by atoms with E-state index in [1.807, 2.05) is 0 Å². The molecule has 9 nitrogen and oxygen atoms in total. The molecule has 1 fully saturated rings. The minimum atomic E-state index is -1.72. The van der Waals surface area contributed by atoms with Gasteiger partial charge in [-0.25, -0.2) is 23.1 Å². The van der Waals surface area contributed by atoms with Gasteiger partial charge in [0.25, 0.3) is 11.9 Å². The molecule has 1 amide bonds. The summed E-state index contributed by atoms with van der Waals surface area (Å²) in [6.45, 7) is 1.10. The van der Waals surface area contributed by atoms with Gasteiger partial charge in [-0.1, -0.05) is 0 Å². The molecular formula is C22H21F3N4O5. The summed E-state index contributed by atoms with van der Waals surface area (Å²) in [7, 11) is 0. The van der Waals surface area contributed by atoms with Crippen molar-refractivity contribution < 1.29 is 36.9 Å². The summed E-state index contributed by atoms with van der Waals surface area (Å²) in [6.07, 6.45) is 0.156. The third-order valence-electron chi connectivity index (χ3n) is 6.22. The van der Waals surface area contributed by atoms with Crippen LogP contribution in [0.3, 0.4) is 0 Å². The van der Waals surface area contributed by atoms with E-state index in [2.05, 4.69) is 15.3 Å². The number of nitrogens with one attached hydrogen (secondary N) is 1. The van der Waals surface area contributed by atoms with Crippen molar-refractivity contribution in [3.05, 3.63) is 47.3 Å². The number of aliphatic imine (C=N–C) groups is 1. The van der Waals surface area contributed by atoms with Crippen LogP contribution in [-0.4, -0.2) is 55.6 Å². The van der Waals surface area contributed by atoms with E-state index in [4.69, 9.17) is 24.7 Å². The first kappa shape index (κ1) is 22.3. The molecular weight excluding hydrogens is 457 g/mol. The Kier molecular flexibility index (Phi) is 5.47. The summed E-state index contributed by atoms with van der Waals surface area (Å²) in [5.74, 6) is -3.43. The molecule has 1 aromatic carbocycles. The van der Waals surface area contributed by atoms with Gasteiger partial charge in [0.15, 0.2) is 17.3 Å². The summed E-state index contributed by atoms with van der Waals surface area (Å²) in [5, 5.41) is 2.46. The van der Waals surface area contributed by atoms with Crippen LogP contribution in [0.5, 0.6) is 11.5 Å². The number of amidine groups is 1.